The van der Waals surface area contributed by atoms with E-state index in [9.17, 15) is 14.7 Å². The van der Waals surface area contributed by atoms with Crippen LogP contribution >= 0.6 is 0 Å². The molecule has 0 aliphatic carbocycles. The van der Waals surface area contributed by atoms with Gasteiger partial charge in [0.2, 0.25) is 0 Å². The number of carboxylic acids is 1. The van der Waals surface area contributed by atoms with Gasteiger partial charge < -0.3 is 14.9 Å². The summed E-state index contributed by atoms with van der Waals surface area (Å²) in [6.07, 6.45) is -2.38. The molecule has 110 valence electrons. The Balaban J connectivity index is 2.96. The van der Waals surface area contributed by atoms with Crippen molar-refractivity contribution in [3.8, 4) is 0 Å². The summed E-state index contributed by atoms with van der Waals surface area (Å²) in [5.41, 5.74) is -0.250. The van der Waals surface area contributed by atoms with Crippen LogP contribution in [0, 0.1) is 0 Å². The lowest BCUT2D eigenvalue weighted by Crippen LogP contribution is -2.43. The topological polar surface area (TPSA) is 87.1 Å². The largest absolute Gasteiger partial charge is 0.479 e. The lowest BCUT2D eigenvalue weighted by atomic mass is 10.2. The Morgan fingerprint density at radius 2 is 1.80 bits per heavy atom. The van der Waals surface area contributed by atoms with E-state index in [0.717, 1.165) is 4.90 Å². The summed E-state index contributed by atoms with van der Waals surface area (Å²) >= 11 is 0. The van der Waals surface area contributed by atoms with E-state index >= 15 is 0 Å². The van der Waals surface area contributed by atoms with Crippen LogP contribution in [0.1, 0.15) is 20.8 Å². The van der Waals surface area contributed by atoms with Crippen molar-refractivity contribution in [3.63, 3.8) is 0 Å². The van der Waals surface area contributed by atoms with E-state index in [2.05, 4.69) is 0 Å². The predicted octanol–water partition coefficient (Wildman–Crippen LogP) is 1.87. The third kappa shape index (κ3) is 4.89. The number of hydrogen-bond donors (Lipinski definition) is 2. The van der Waals surface area contributed by atoms with Crippen molar-refractivity contribution in [2.75, 3.05) is 11.4 Å². The van der Waals surface area contributed by atoms with Gasteiger partial charge in [0.1, 0.15) is 5.60 Å². The number of nitrogens with zero attached hydrogens (tertiary/aromatic N) is 1. The number of anilines is 1. The molecule has 0 aliphatic heterocycles. The molecule has 0 radical (unpaired) electrons. The number of benzene rings is 1. The molecule has 1 amide bonds. The van der Waals surface area contributed by atoms with Gasteiger partial charge in [-0.05, 0) is 32.9 Å². The minimum absolute atomic E-state index is 0.381. The molecule has 1 rings (SSSR count). The van der Waals surface area contributed by atoms with Crippen LogP contribution < -0.4 is 4.90 Å². The molecule has 1 atom stereocenters. The van der Waals surface area contributed by atoms with Crippen molar-refractivity contribution < 1.29 is 24.5 Å². The fourth-order valence-corrected chi connectivity index (χ4v) is 1.46. The van der Waals surface area contributed by atoms with Gasteiger partial charge in [-0.1, -0.05) is 18.2 Å². The van der Waals surface area contributed by atoms with Gasteiger partial charge in [-0.3, -0.25) is 4.90 Å². The number of ether oxygens (including phenoxy) is 1. The minimum atomic E-state index is -1.68. The average Bonchev–Trinajstić information content (AvgIpc) is 2.34. The summed E-state index contributed by atoms with van der Waals surface area (Å²) in [6.45, 7) is 4.75. The van der Waals surface area contributed by atoms with E-state index in [1.807, 2.05) is 0 Å². The molecule has 6 heteroatoms. The van der Waals surface area contributed by atoms with E-state index < -0.39 is 23.8 Å². The maximum atomic E-state index is 12.1. The fraction of sp³-hybridized carbons (Fsp3) is 0.429. The fourth-order valence-electron chi connectivity index (χ4n) is 1.46. The summed E-state index contributed by atoms with van der Waals surface area (Å²) < 4.78 is 5.22. The normalized spacial score (nSPS) is 12.6. The van der Waals surface area contributed by atoms with Crippen LogP contribution in [-0.2, 0) is 9.53 Å². The summed E-state index contributed by atoms with van der Waals surface area (Å²) in [6, 6.07) is 8.46. The molecule has 0 spiro atoms. The maximum Gasteiger partial charge on any atom is 0.414 e. The van der Waals surface area contributed by atoms with Gasteiger partial charge in [0.15, 0.2) is 6.10 Å². The van der Waals surface area contributed by atoms with Crippen LogP contribution in [0.25, 0.3) is 0 Å². The van der Waals surface area contributed by atoms with Gasteiger partial charge in [0, 0.05) is 5.69 Å². The summed E-state index contributed by atoms with van der Waals surface area (Å²) in [5, 5.41) is 18.2. The molecule has 2 N–H and O–H groups in total. The molecule has 6 nitrogen and oxygen atoms in total. The van der Waals surface area contributed by atoms with Crippen molar-refractivity contribution in [2.24, 2.45) is 0 Å². The van der Waals surface area contributed by atoms with Gasteiger partial charge in [0.05, 0.1) is 6.54 Å². The number of aliphatic hydroxyl groups excluding tert-OH is 1. The molecule has 0 saturated heterocycles. The van der Waals surface area contributed by atoms with Crippen LogP contribution in [0.4, 0.5) is 10.5 Å². The standard InChI is InChI=1S/C14H19NO5/c1-14(2,3)20-13(19)15(9-11(16)12(17)18)10-7-5-4-6-8-10/h4-8,11,16H,9H2,1-3H3,(H,17,18)/t11-/m0/s1. The molecular formula is C14H19NO5. The van der Waals surface area contributed by atoms with E-state index in [4.69, 9.17) is 9.84 Å². The van der Waals surface area contributed by atoms with Crippen LogP contribution in [0.2, 0.25) is 0 Å². The SMILES string of the molecule is CC(C)(C)OC(=O)N(C[C@H](O)C(=O)O)c1ccccc1. The minimum Gasteiger partial charge on any atom is -0.479 e. The number of para-hydroxylation sites is 1. The number of carboxylic acid groups (broad SMARTS) is 1. The highest BCUT2D eigenvalue weighted by molar-refractivity contribution is 5.89. The molecule has 0 unspecified atom stereocenters. The molecule has 20 heavy (non-hydrogen) atoms. The highest BCUT2D eigenvalue weighted by atomic mass is 16.6. The lowest BCUT2D eigenvalue weighted by Gasteiger charge is -2.28. The van der Waals surface area contributed by atoms with Crippen LogP contribution in [-0.4, -0.2) is 40.5 Å². The molecule has 0 saturated carbocycles. The first-order valence-electron chi connectivity index (χ1n) is 6.17. The Labute approximate surface area is 117 Å². The van der Waals surface area contributed by atoms with Crippen molar-refractivity contribution >= 4 is 17.7 Å². The number of aliphatic carboxylic acids is 1. The summed E-state index contributed by atoms with van der Waals surface area (Å²) in [7, 11) is 0. The molecule has 1 aromatic rings. The van der Waals surface area contributed by atoms with Crippen molar-refractivity contribution in [1.29, 1.82) is 0 Å². The van der Waals surface area contributed by atoms with Crippen LogP contribution in [0.5, 0.6) is 0 Å². The van der Waals surface area contributed by atoms with Crippen molar-refractivity contribution in [3.05, 3.63) is 30.3 Å². The van der Waals surface area contributed by atoms with Crippen LogP contribution in [0.3, 0.4) is 0 Å². The smallest absolute Gasteiger partial charge is 0.414 e. The van der Waals surface area contributed by atoms with E-state index in [-0.39, 0.29) is 6.54 Å². The van der Waals surface area contributed by atoms with E-state index in [0.29, 0.717) is 5.69 Å². The second-order valence-corrected chi connectivity index (χ2v) is 5.28. The zero-order valence-electron chi connectivity index (χ0n) is 11.7. The number of hydrogen-bond acceptors (Lipinski definition) is 4. The first-order chi connectivity index (χ1) is 9.20. The monoisotopic (exact) mass is 281 g/mol. The maximum absolute atomic E-state index is 12.1. The molecular weight excluding hydrogens is 262 g/mol. The lowest BCUT2D eigenvalue weighted by molar-refractivity contribution is -0.145. The quantitative estimate of drug-likeness (QED) is 0.879. The third-order valence-corrected chi connectivity index (χ3v) is 2.32. The zero-order chi connectivity index (χ0) is 15.3. The zero-order valence-corrected chi connectivity index (χ0v) is 11.7. The third-order valence-electron chi connectivity index (χ3n) is 2.32. The Kier molecular flexibility index (Phi) is 5.10. The number of carbonyl (C=O) groups excluding carboxylic acids is 1. The highest BCUT2D eigenvalue weighted by Crippen LogP contribution is 2.18. The number of rotatable bonds is 4. The molecule has 0 fully saturated rings. The Morgan fingerprint density at radius 1 is 1.25 bits per heavy atom. The summed E-state index contributed by atoms with van der Waals surface area (Å²) in [5.74, 6) is -1.39. The van der Waals surface area contributed by atoms with Gasteiger partial charge in [-0.15, -0.1) is 0 Å². The highest BCUT2D eigenvalue weighted by Gasteiger charge is 2.27. The van der Waals surface area contributed by atoms with Gasteiger partial charge in [0.25, 0.3) is 0 Å². The average molecular weight is 281 g/mol. The Bertz CT molecular complexity index is 466. The predicted molar refractivity (Wildman–Crippen MR) is 73.7 cm³/mol. The molecule has 1 aromatic carbocycles. The van der Waals surface area contributed by atoms with Gasteiger partial charge >= 0.3 is 12.1 Å². The van der Waals surface area contributed by atoms with Gasteiger partial charge in [-0.2, -0.15) is 0 Å². The molecule has 0 aromatic heterocycles. The first-order valence-corrected chi connectivity index (χ1v) is 6.17. The van der Waals surface area contributed by atoms with Crippen molar-refractivity contribution in [1.82, 2.24) is 0 Å². The Morgan fingerprint density at radius 3 is 2.25 bits per heavy atom. The number of amides is 1. The van der Waals surface area contributed by atoms with E-state index in [1.54, 1.807) is 51.1 Å². The number of aliphatic hydroxyl groups is 1. The number of carbonyl (C=O) groups is 2. The Hall–Kier alpha value is -2.08. The second-order valence-electron chi connectivity index (χ2n) is 5.28. The van der Waals surface area contributed by atoms with Crippen LogP contribution in [0.15, 0.2) is 30.3 Å². The van der Waals surface area contributed by atoms with Crippen molar-refractivity contribution in [2.45, 2.75) is 32.5 Å². The summed E-state index contributed by atoms with van der Waals surface area (Å²) in [4.78, 5) is 24.0. The van der Waals surface area contributed by atoms with E-state index in [1.165, 1.54) is 0 Å². The molecule has 0 aliphatic rings. The molecule has 0 bridgehead atoms. The molecule has 0 heterocycles. The second kappa shape index (κ2) is 6.38. The van der Waals surface area contributed by atoms with Gasteiger partial charge in [-0.25, -0.2) is 9.59 Å². The first kappa shape index (κ1) is 16.0.